The van der Waals surface area contributed by atoms with E-state index >= 15 is 0 Å². The molecule has 3 nitrogen and oxygen atoms in total. The first-order chi connectivity index (χ1) is 8.13. The summed E-state index contributed by atoms with van der Waals surface area (Å²) in [4.78, 5) is 0. The predicted octanol–water partition coefficient (Wildman–Crippen LogP) is 2.29. The Hall–Kier alpha value is -0.683. The van der Waals surface area contributed by atoms with E-state index in [1.807, 2.05) is 12.1 Å². The van der Waals surface area contributed by atoms with Crippen molar-refractivity contribution in [3.63, 3.8) is 0 Å². The van der Waals surface area contributed by atoms with E-state index in [4.69, 9.17) is 13.3 Å². The van der Waals surface area contributed by atoms with Crippen LogP contribution in [0.5, 0.6) is 0 Å². The van der Waals surface area contributed by atoms with E-state index in [0.29, 0.717) is 5.92 Å². The van der Waals surface area contributed by atoms with Crippen LogP contribution in [0, 0.1) is 0 Å². The molecule has 17 heavy (non-hydrogen) atoms. The van der Waals surface area contributed by atoms with Gasteiger partial charge >= 0.3 is 8.80 Å². The van der Waals surface area contributed by atoms with E-state index in [2.05, 4.69) is 26.0 Å². The molecule has 0 bridgehead atoms. The molecule has 1 rings (SSSR count). The molecule has 0 heterocycles. The van der Waals surface area contributed by atoms with Gasteiger partial charge in [-0.25, -0.2) is 0 Å². The monoisotopic (exact) mass is 254 g/mol. The summed E-state index contributed by atoms with van der Waals surface area (Å²) in [6.45, 7) is 4.42. The minimum absolute atomic E-state index is 0.577. The van der Waals surface area contributed by atoms with Crippen LogP contribution in [0.25, 0.3) is 0 Å². The van der Waals surface area contributed by atoms with Crippen LogP contribution >= 0.6 is 0 Å². The Morgan fingerprint density at radius 3 is 1.82 bits per heavy atom. The topological polar surface area (TPSA) is 27.7 Å². The molecule has 1 aromatic carbocycles. The first-order valence-corrected chi connectivity index (χ1v) is 7.61. The smallest absolute Gasteiger partial charge is 0.373 e. The first-order valence-electron chi connectivity index (χ1n) is 5.89. The van der Waals surface area contributed by atoms with Crippen molar-refractivity contribution in [1.82, 2.24) is 0 Å². The lowest BCUT2D eigenvalue weighted by atomic mass is 9.99. The zero-order valence-corrected chi connectivity index (χ0v) is 12.3. The molecule has 0 aliphatic rings. The Bertz CT molecular complexity index is 325. The average Bonchev–Trinajstić information content (AvgIpc) is 2.41. The van der Waals surface area contributed by atoms with Crippen LogP contribution in [-0.2, 0) is 13.3 Å². The van der Waals surface area contributed by atoms with Gasteiger partial charge in [-0.1, -0.05) is 38.1 Å². The summed E-state index contributed by atoms with van der Waals surface area (Å²) in [6.07, 6.45) is 1.14. The summed E-state index contributed by atoms with van der Waals surface area (Å²) >= 11 is 0. The highest BCUT2D eigenvalue weighted by molar-refractivity contribution is 6.75. The standard InChI is InChI=1S/C13H22O3Si/c1-6-11(2)12-7-9-13(10-8-12)17(14-3,15-4)16-5/h7-11H,6H2,1-5H3. The summed E-state index contributed by atoms with van der Waals surface area (Å²) in [5.41, 5.74) is 1.34. The number of hydrogen-bond acceptors (Lipinski definition) is 3. The third-order valence-electron chi connectivity index (χ3n) is 3.25. The second-order valence-corrected chi connectivity index (χ2v) is 7.01. The van der Waals surface area contributed by atoms with Crippen molar-refractivity contribution in [2.45, 2.75) is 26.2 Å². The molecule has 0 aliphatic carbocycles. The van der Waals surface area contributed by atoms with Gasteiger partial charge in [-0.2, -0.15) is 0 Å². The van der Waals surface area contributed by atoms with Crippen LogP contribution in [0.1, 0.15) is 31.7 Å². The van der Waals surface area contributed by atoms with Gasteiger partial charge in [-0.05, 0) is 17.9 Å². The molecule has 0 aromatic heterocycles. The molecule has 1 aromatic rings. The summed E-state index contributed by atoms with van der Waals surface area (Å²) in [5, 5.41) is 0.997. The summed E-state index contributed by atoms with van der Waals surface area (Å²) in [7, 11) is 2.22. The van der Waals surface area contributed by atoms with Crippen LogP contribution in [-0.4, -0.2) is 30.1 Å². The largest absolute Gasteiger partial charge is 0.536 e. The summed E-state index contributed by atoms with van der Waals surface area (Å²) in [5.74, 6) is 0.577. The second kappa shape index (κ2) is 6.30. The maximum Gasteiger partial charge on any atom is 0.536 e. The molecule has 0 aliphatic heterocycles. The average molecular weight is 254 g/mol. The van der Waals surface area contributed by atoms with E-state index in [-0.39, 0.29) is 0 Å². The lowest BCUT2D eigenvalue weighted by Gasteiger charge is -2.24. The van der Waals surface area contributed by atoms with E-state index in [0.717, 1.165) is 11.6 Å². The molecule has 96 valence electrons. The Morgan fingerprint density at radius 2 is 1.47 bits per heavy atom. The maximum absolute atomic E-state index is 5.44. The molecule has 1 atom stereocenters. The quantitative estimate of drug-likeness (QED) is 0.729. The van der Waals surface area contributed by atoms with Crippen molar-refractivity contribution < 1.29 is 13.3 Å². The maximum atomic E-state index is 5.44. The Kier molecular flexibility index (Phi) is 5.33. The van der Waals surface area contributed by atoms with Gasteiger partial charge in [-0.3, -0.25) is 0 Å². The Morgan fingerprint density at radius 1 is 1.00 bits per heavy atom. The second-order valence-electron chi connectivity index (χ2n) is 4.10. The van der Waals surface area contributed by atoms with Crippen LogP contribution in [0.15, 0.2) is 24.3 Å². The lowest BCUT2D eigenvalue weighted by molar-refractivity contribution is 0.140. The fourth-order valence-corrected chi connectivity index (χ4v) is 3.64. The van der Waals surface area contributed by atoms with Crippen molar-refractivity contribution >= 4 is 14.0 Å². The molecule has 0 saturated carbocycles. The molecule has 0 amide bonds. The van der Waals surface area contributed by atoms with Crippen molar-refractivity contribution in [2.75, 3.05) is 21.3 Å². The van der Waals surface area contributed by atoms with Gasteiger partial charge < -0.3 is 13.3 Å². The van der Waals surface area contributed by atoms with Crippen molar-refractivity contribution in [2.24, 2.45) is 0 Å². The van der Waals surface area contributed by atoms with Gasteiger partial charge in [0.05, 0.1) is 0 Å². The Labute approximate surface area is 105 Å². The molecule has 0 radical (unpaired) electrons. The number of hydrogen-bond donors (Lipinski definition) is 0. The van der Waals surface area contributed by atoms with Crippen LogP contribution in [0.4, 0.5) is 0 Å². The molecule has 4 heteroatoms. The Balaban J connectivity index is 3.00. The molecule has 0 spiro atoms. The fourth-order valence-electron chi connectivity index (χ4n) is 1.86. The van der Waals surface area contributed by atoms with E-state index in [9.17, 15) is 0 Å². The summed E-state index contributed by atoms with van der Waals surface area (Å²) < 4.78 is 16.3. The summed E-state index contributed by atoms with van der Waals surface area (Å²) in [6, 6.07) is 8.35. The van der Waals surface area contributed by atoms with Crippen LogP contribution in [0.2, 0.25) is 0 Å². The molecular weight excluding hydrogens is 232 g/mol. The van der Waals surface area contributed by atoms with Gasteiger partial charge in [0.1, 0.15) is 0 Å². The molecule has 0 fully saturated rings. The normalized spacial score (nSPS) is 13.7. The van der Waals surface area contributed by atoms with Crippen molar-refractivity contribution in [3.8, 4) is 0 Å². The van der Waals surface area contributed by atoms with Crippen molar-refractivity contribution in [1.29, 1.82) is 0 Å². The third-order valence-corrected chi connectivity index (χ3v) is 5.90. The molecule has 0 saturated heterocycles. The lowest BCUT2D eigenvalue weighted by Crippen LogP contribution is -2.54. The number of rotatable bonds is 6. The van der Waals surface area contributed by atoms with Crippen LogP contribution in [0.3, 0.4) is 0 Å². The minimum atomic E-state index is -2.66. The molecular formula is C13H22O3Si. The zero-order chi connectivity index (χ0) is 12.9. The molecule has 0 N–H and O–H groups in total. The minimum Gasteiger partial charge on any atom is -0.373 e. The highest BCUT2D eigenvalue weighted by Crippen LogP contribution is 2.18. The highest BCUT2D eigenvalue weighted by atomic mass is 28.4. The van der Waals surface area contributed by atoms with Gasteiger partial charge in [-0.15, -0.1) is 0 Å². The SMILES string of the molecule is CCC(C)c1ccc([Si](OC)(OC)OC)cc1. The van der Waals surface area contributed by atoms with Crippen LogP contribution < -0.4 is 5.19 Å². The van der Waals surface area contributed by atoms with E-state index < -0.39 is 8.80 Å². The predicted molar refractivity (Wildman–Crippen MR) is 71.6 cm³/mol. The zero-order valence-electron chi connectivity index (χ0n) is 11.3. The fraction of sp³-hybridized carbons (Fsp3) is 0.538. The van der Waals surface area contributed by atoms with E-state index in [1.165, 1.54) is 5.56 Å². The van der Waals surface area contributed by atoms with Gasteiger partial charge in [0.2, 0.25) is 0 Å². The molecule has 1 unspecified atom stereocenters. The number of benzene rings is 1. The van der Waals surface area contributed by atoms with Gasteiger partial charge in [0, 0.05) is 26.5 Å². The highest BCUT2D eigenvalue weighted by Gasteiger charge is 2.40. The van der Waals surface area contributed by atoms with E-state index in [1.54, 1.807) is 21.3 Å². The van der Waals surface area contributed by atoms with Gasteiger partial charge in [0.25, 0.3) is 0 Å². The van der Waals surface area contributed by atoms with Crippen molar-refractivity contribution in [3.05, 3.63) is 29.8 Å². The third kappa shape index (κ3) is 2.96. The van der Waals surface area contributed by atoms with Gasteiger partial charge in [0.15, 0.2) is 0 Å². The first kappa shape index (κ1) is 14.4.